The number of hydrogen-bond donors (Lipinski definition) is 1. The normalized spacial score (nSPS) is 18.2. The maximum Gasteiger partial charge on any atom is 0.522 e. The first-order chi connectivity index (χ1) is 5.58. The van der Waals surface area contributed by atoms with Gasteiger partial charge in [-0.2, -0.15) is 0 Å². The Morgan fingerprint density at radius 2 is 2.00 bits per heavy atom. The lowest BCUT2D eigenvalue weighted by Crippen LogP contribution is -2.25. The van der Waals surface area contributed by atoms with Gasteiger partial charge in [-0.25, -0.2) is 0 Å². The van der Waals surface area contributed by atoms with Crippen LogP contribution in [0.5, 0.6) is 0 Å². The van der Waals surface area contributed by atoms with Gasteiger partial charge in [-0.05, 0) is 25.3 Å². The number of nitrogens with one attached hydrogen (secondary N) is 1. The van der Waals surface area contributed by atoms with Crippen molar-refractivity contribution in [2.75, 3.05) is 19.7 Å². The topological polar surface area (TPSA) is 21.3 Å². The van der Waals surface area contributed by atoms with Crippen molar-refractivity contribution in [1.82, 2.24) is 5.32 Å². The molecule has 12 heavy (non-hydrogen) atoms. The van der Waals surface area contributed by atoms with E-state index in [4.69, 9.17) is 0 Å². The number of hydrogen-bond acceptors (Lipinski definition) is 2. The fourth-order valence-corrected chi connectivity index (χ4v) is 0.867. The highest BCUT2D eigenvalue weighted by atomic mass is 19.4. The standard InChI is InChI=1S/C7H12F3NO/c8-7(9,10)12-4-3-11-5-6-1-2-6/h6,11H,1-5H2. The highest BCUT2D eigenvalue weighted by molar-refractivity contribution is 4.74. The molecule has 1 fully saturated rings. The van der Waals surface area contributed by atoms with Crippen molar-refractivity contribution < 1.29 is 17.9 Å². The van der Waals surface area contributed by atoms with Crippen LogP contribution < -0.4 is 5.32 Å². The molecule has 0 spiro atoms. The summed E-state index contributed by atoms with van der Waals surface area (Å²) in [6, 6.07) is 0. The van der Waals surface area contributed by atoms with E-state index < -0.39 is 6.36 Å². The highest BCUT2D eigenvalue weighted by Gasteiger charge is 2.28. The van der Waals surface area contributed by atoms with Crippen LogP contribution in [0.25, 0.3) is 0 Å². The van der Waals surface area contributed by atoms with E-state index in [2.05, 4.69) is 10.1 Å². The molecule has 1 saturated carbocycles. The maximum absolute atomic E-state index is 11.4. The summed E-state index contributed by atoms with van der Waals surface area (Å²) >= 11 is 0. The molecular weight excluding hydrogens is 171 g/mol. The van der Waals surface area contributed by atoms with Crippen LogP contribution in [-0.4, -0.2) is 26.1 Å². The fraction of sp³-hybridized carbons (Fsp3) is 1.00. The van der Waals surface area contributed by atoms with Crippen LogP contribution in [0.4, 0.5) is 13.2 Å². The summed E-state index contributed by atoms with van der Waals surface area (Å²) < 4.78 is 37.8. The molecule has 2 nitrogen and oxygen atoms in total. The molecule has 0 aromatic carbocycles. The summed E-state index contributed by atoms with van der Waals surface area (Å²) in [5.41, 5.74) is 0. The molecule has 0 aromatic heterocycles. The second-order valence-electron chi connectivity index (χ2n) is 2.94. The lowest BCUT2D eigenvalue weighted by molar-refractivity contribution is -0.323. The predicted molar refractivity (Wildman–Crippen MR) is 37.6 cm³/mol. The van der Waals surface area contributed by atoms with Gasteiger partial charge in [0.2, 0.25) is 0 Å². The molecule has 0 aliphatic heterocycles. The molecular formula is C7H12F3NO. The minimum Gasteiger partial charge on any atom is -0.314 e. The molecule has 72 valence electrons. The summed E-state index contributed by atoms with van der Waals surface area (Å²) in [5.74, 6) is 0.691. The SMILES string of the molecule is FC(F)(F)OCCNCC1CC1. The molecule has 1 aliphatic carbocycles. The van der Waals surface area contributed by atoms with Crippen molar-refractivity contribution in [3.05, 3.63) is 0 Å². The Kier molecular flexibility index (Phi) is 3.34. The Labute approximate surface area is 69.1 Å². The van der Waals surface area contributed by atoms with Crippen LogP contribution in [0, 0.1) is 5.92 Å². The molecule has 0 amide bonds. The second kappa shape index (κ2) is 4.09. The van der Waals surface area contributed by atoms with Crippen LogP contribution in [0.3, 0.4) is 0 Å². The molecule has 1 N–H and O–H groups in total. The Balaban J connectivity index is 1.82. The van der Waals surface area contributed by atoms with E-state index in [1.165, 1.54) is 12.8 Å². The van der Waals surface area contributed by atoms with E-state index in [0.717, 1.165) is 6.54 Å². The molecule has 0 aromatic rings. The van der Waals surface area contributed by atoms with Gasteiger partial charge in [0, 0.05) is 6.54 Å². The maximum atomic E-state index is 11.4. The lowest BCUT2D eigenvalue weighted by atomic mass is 10.4. The first-order valence-electron chi connectivity index (χ1n) is 3.99. The van der Waals surface area contributed by atoms with Gasteiger partial charge in [-0.15, -0.1) is 13.2 Å². The Morgan fingerprint density at radius 1 is 1.33 bits per heavy atom. The minimum absolute atomic E-state index is 0.274. The second-order valence-corrected chi connectivity index (χ2v) is 2.94. The minimum atomic E-state index is -4.48. The third-order valence-corrected chi connectivity index (χ3v) is 1.67. The van der Waals surface area contributed by atoms with E-state index in [1.807, 2.05) is 0 Å². The number of ether oxygens (including phenoxy) is 1. The number of alkyl halides is 3. The van der Waals surface area contributed by atoms with Crippen molar-refractivity contribution in [3.8, 4) is 0 Å². The lowest BCUT2D eigenvalue weighted by Gasteiger charge is -2.07. The van der Waals surface area contributed by atoms with Gasteiger partial charge in [0.25, 0.3) is 0 Å². The average Bonchev–Trinajstić information content (AvgIpc) is 2.68. The summed E-state index contributed by atoms with van der Waals surface area (Å²) in [7, 11) is 0. The van der Waals surface area contributed by atoms with Gasteiger partial charge in [0.05, 0.1) is 6.61 Å². The first-order valence-corrected chi connectivity index (χ1v) is 3.99. The fourth-order valence-electron chi connectivity index (χ4n) is 0.867. The average molecular weight is 183 g/mol. The molecule has 0 saturated heterocycles. The zero-order valence-corrected chi connectivity index (χ0v) is 6.66. The largest absolute Gasteiger partial charge is 0.522 e. The van der Waals surface area contributed by atoms with E-state index in [0.29, 0.717) is 5.92 Å². The molecule has 0 bridgehead atoms. The quantitative estimate of drug-likeness (QED) is 0.652. The van der Waals surface area contributed by atoms with Gasteiger partial charge < -0.3 is 5.32 Å². The van der Waals surface area contributed by atoms with Gasteiger partial charge in [-0.3, -0.25) is 4.74 Å². The third-order valence-electron chi connectivity index (χ3n) is 1.67. The van der Waals surface area contributed by atoms with Crippen LogP contribution in [0.2, 0.25) is 0 Å². The summed E-state index contributed by atoms with van der Waals surface area (Å²) in [5, 5.41) is 2.89. The van der Waals surface area contributed by atoms with E-state index in [9.17, 15) is 13.2 Å². The van der Waals surface area contributed by atoms with Crippen molar-refractivity contribution in [2.45, 2.75) is 19.2 Å². The van der Waals surface area contributed by atoms with Crippen molar-refractivity contribution in [1.29, 1.82) is 0 Å². The van der Waals surface area contributed by atoms with E-state index in [1.54, 1.807) is 0 Å². The molecule has 5 heteroatoms. The summed E-state index contributed by atoms with van der Waals surface area (Å²) in [6.45, 7) is 0.799. The van der Waals surface area contributed by atoms with Crippen molar-refractivity contribution in [2.24, 2.45) is 5.92 Å². The Bertz CT molecular complexity index is 133. The van der Waals surface area contributed by atoms with Gasteiger partial charge in [0.1, 0.15) is 0 Å². The Morgan fingerprint density at radius 3 is 2.50 bits per heavy atom. The third kappa shape index (κ3) is 5.37. The smallest absolute Gasteiger partial charge is 0.314 e. The van der Waals surface area contributed by atoms with Crippen LogP contribution in [-0.2, 0) is 4.74 Å². The molecule has 0 heterocycles. The van der Waals surface area contributed by atoms with E-state index in [-0.39, 0.29) is 13.2 Å². The van der Waals surface area contributed by atoms with Crippen LogP contribution in [0.1, 0.15) is 12.8 Å². The molecule has 1 aliphatic rings. The van der Waals surface area contributed by atoms with Crippen LogP contribution >= 0.6 is 0 Å². The van der Waals surface area contributed by atoms with Gasteiger partial charge >= 0.3 is 6.36 Å². The first kappa shape index (κ1) is 9.80. The van der Waals surface area contributed by atoms with Gasteiger partial charge in [0.15, 0.2) is 0 Å². The molecule has 0 atom stereocenters. The van der Waals surface area contributed by atoms with Crippen molar-refractivity contribution in [3.63, 3.8) is 0 Å². The molecule has 0 radical (unpaired) electrons. The zero-order chi connectivity index (χ0) is 9.03. The van der Waals surface area contributed by atoms with Crippen LogP contribution in [0.15, 0.2) is 0 Å². The zero-order valence-electron chi connectivity index (χ0n) is 6.66. The predicted octanol–water partition coefficient (Wildman–Crippen LogP) is 1.52. The number of halogens is 3. The highest BCUT2D eigenvalue weighted by Crippen LogP contribution is 2.27. The summed E-state index contributed by atoms with van der Waals surface area (Å²) in [6.07, 6.45) is -2.08. The Hall–Kier alpha value is -0.290. The van der Waals surface area contributed by atoms with Crippen molar-refractivity contribution >= 4 is 0 Å². The monoisotopic (exact) mass is 183 g/mol. The molecule has 1 rings (SSSR count). The summed E-state index contributed by atoms with van der Waals surface area (Å²) in [4.78, 5) is 0. The van der Waals surface area contributed by atoms with Gasteiger partial charge in [-0.1, -0.05) is 0 Å². The number of rotatable bonds is 5. The van der Waals surface area contributed by atoms with E-state index >= 15 is 0 Å². The molecule has 0 unspecified atom stereocenters.